The van der Waals surface area contributed by atoms with E-state index in [1.54, 1.807) is 0 Å². The predicted octanol–water partition coefficient (Wildman–Crippen LogP) is 1.84. The van der Waals surface area contributed by atoms with Gasteiger partial charge in [-0.2, -0.15) is 0 Å². The van der Waals surface area contributed by atoms with Gasteiger partial charge in [-0.25, -0.2) is 9.59 Å². The molecule has 0 spiro atoms. The van der Waals surface area contributed by atoms with E-state index in [0.29, 0.717) is 12.1 Å². The van der Waals surface area contributed by atoms with Crippen molar-refractivity contribution in [1.29, 1.82) is 0 Å². The Morgan fingerprint density at radius 2 is 1.00 bits per heavy atom. The zero-order valence-electron chi connectivity index (χ0n) is 8.44. The van der Waals surface area contributed by atoms with E-state index >= 15 is 0 Å². The fourth-order valence-electron chi connectivity index (χ4n) is 1.28. The Morgan fingerprint density at radius 3 is 1.17 bits per heavy atom. The van der Waals surface area contributed by atoms with Gasteiger partial charge in [0.1, 0.15) is 0 Å². The minimum atomic E-state index is -1.53. The number of carboxylic acids is 2. The summed E-state index contributed by atoms with van der Waals surface area (Å²) in [5.41, 5.74) is -2.24. The molecule has 0 aliphatic heterocycles. The van der Waals surface area contributed by atoms with Crippen molar-refractivity contribution in [2.45, 2.75) is 0 Å². The molecule has 0 atom stereocenters. The molecule has 18 heavy (non-hydrogen) atoms. The molecule has 1 aromatic carbocycles. The minimum absolute atomic E-state index is 0.525. The van der Waals surface area contributed by atoms with Crippen molar-refractivity contribution in [3.8, 4) is 0 Å². The first-order valence-corrected chi connectivity index (χ1v) is 5.05. The lowest BCUT2D eigenvalue weighted by atomic mass is 9.99. The van der Waals surface area contributed by atoms with Gasteiger partial charge < -0.3 is 10.2 Å². The van der Waals surface area contributed by atoms with Crippen molar-refractivity contribution < 1.29 is 29.4 Å². The molecule has 2 N–H and O–H groups in total. The molecule has 0 aromatic heterocycles. The van der Waals surface area contributed by atoms with Crippen molar-refractivity contribution in [2.75, 3.05) is 0 Å². The van der Waals surface area contributed by atoms with E-state index in [4.69, 9.17) is 33.4 Å². The van der Waals surface area contributed by atoms with Gasteiger partial charge >= 0.3 is 11.9 Å². The number of benzene rings is 1. The van der Waals surface area contributed by atoms with Crippen LogP contribution in [0.5, 0.6) is 0 Å². The monoisotopic (exact) mass is 290 g/mol. The average Bonchev–Trinajstić information content (AvgIpc) is 2.26. The maximum atomic E-state index is 11.0. The molecule has 8 heteroatoms. The summed E-state index contributed by atoms with van der Waals surface area (Å²) in [4.78, 5) is 43.8. The normalized spacial score (nSPS) is 9.89. The van der Waals surface area contributed by atoms with Gasteiger partial charge in [-0.15, -0.1) is 0 Å². The standard InChI is InChI=1S/C10H4Cl2O6/c11-7(13)3-1-5(9(15)16)4(8(12)14)2-6(3)10(17)18/h1-2H,(H,15,16)(H,17,18). The Bertz CT molecular complexity index is 480. The zero-order chi connectivity index (χ0) is 14.0. The van der Waals surface area contributed by atoms with Crippen LogP contribution in [0.2, 0.25) is 0 Å². The largest absolute Gasteiger partial charge is 0.478 e. The molecule has 0 amide bonds. The van der Waals surface area contributed by atoms with Gasteiger partial charge in [-0.3, -0.25) is 9.59 Å². The summed E-state index contributed by atoms with van der Waals surface area (Å²) in [6.45, 7) is 0. The minimum Gasteiger partial charge on any atom is -0.478 e. The summed E-state index contributed by atoms with van der Waals surface area (Å²) in [5, 5.41) is 15.4. The van der Waals surface area contributed by atoms with Crippen LogP contribution in [-0.2, 0) is 0 Å². The highest BCUT2D eigenvalue weighted by Gasteiger charge is 2.23. The number of carbonyl (C=O) groups is 4. The predicted molar refractivity (Wildman–Crippen MR) is 60.7 cm³/mol. The number of rotatable bonds is 4. The lowest BCUT2D eigenvalue weighted by Gasteiger charge is -2.07. The summed E-state index contributed by atoms with van der Waals surface area (Å²) < 4.78 is 0. The van der Waals surface area contributed by atoms with Crippen LogP contribution in [0.15, 0.2) is 12.1 Å². The van der Waals surface area contributed by atoms with Crippen LogP contribution in [-0.4, -0.2) is 32.6 Å². The van der Waals surface area contributed by atoms with Gasteiger partial charge in [-0.1, -0.05) is 0 Å². The molecule has 0 radical (unpaired) electrons. The molecule has 0 unspecified atom stereocenters. The molecule has 0 fully saturated rings. The Hall–Kier alpha value is -1.92. The first-order valence-electron chi connectivity index (χ1n) is 4.30. The van der Waals surface area contributed by atoms with Gasteiger partial charge in [0, 0.05) is 11.1 Å². The number of hydrogen-bond acceptors (Lipinski definition) is 4. The summed E-state index contributed by atoms with van der Waals surface area (Å²) >= 11 is 10.3. The van der Waals surface area contributed by atoms with Gasteiger partial charge in [-0.05, 0) is 35.3 Å². The zero-order valence-corrected chi connectivity index (χ0v) is 9.95. The van der Waals surface area contributed by atoms with E-state index in [-0.39, 0.29) is 0 Å². The number of halogens is 2. The van der Waals surface area contributed by atoms with Crippen LogP contribution in [0.3, 0.4) is 0 Å². The summed E-state index contributed by atoms with van der Waals surface area (Å²) in [5.74, 6) is -3.06. The second-order valence-electron chi connectivity index (χ2n) is 3.10. The molecule has 1 aromatic rings. The van der Waals surface area contributed by atoms with E-state index in [2.05, 4.69) is 0 Å². The maximum absolute atomic E-state index is 11.0. The van der Waals surface area contributed by atoms with Crippen LogP contribution in [0.4, 0.5) is 0 Å². The Labute approximate surface area is 110 Å². The van der Waals surface area contributed by atoms with Gasteiger partial charge in [0.2, 0.25) is 0 Å². The highest BCUT2D eigenvalue weighted by Crippen LogP contribution is 2.21. The Kier molecular flexibility index (Phi) is 4.05. The van der Waals surface area contributed by atoms with Gasteiger partial charge in [0.05, 0.1) is 11.1 Å². The van der Waals surface area contributed by atoms with Crippen molar-refractivity contribution in [3.63, 3.8) is 0 Å². The summed E-state index contributed by atoms with van der Waals surface area (Å²) in [6.07, 6.45) is 0. The molecule has 0 aliphatic carbocycles. The van der Waals surface area contributed by atoms with Crippen LogP contribution in [0, 0.1) is 0 Å². The Morgan fingerprint density at radius 1 is 0.722 bits per heavy atom. The van der Waals surface area contributed by atoms with Crippen LogP contribution in [0.1, 0.15) is 41.4 Å². The third kappa shape index (κ3) is 2.66. The third-order valence-electron chi connectivity index (χ3n) is 2.04. The second kappa shape index (κ2) is 5.16. The number of hydrogen-bond donors (Lipinski definition) is 2. The Balaban J connectivity index is 3.71. The lowest BCUT2D eigenvalue weighted by molar-refractivity contribution is 0.0678. The van der Waals surface area contributed by atoms with E-state index < -0.39 is 44.7 Å². The molecule has 94 valence electrons. The number of carboxylic acid groups (broad SMARTS) is 2. The van der Waals surface area contributed by atoms with Crippen molar-refractivity contribution in [1.82, 2.24) is 0 Å². The molecule has 1 rings (SSSR count). The van der Waals surface area contributed by atoms with Gasteiger partial charge in [0.25, 0.3) is 10.5 Å². The molecule has 0 saturated heterocycles. The van der Waals surface area contributed by atoms with Crippen molar-refractivity contribution >= 4 is 45.6 Å². The summed E-state index contributed by atoms with van der Waals surface area (Å²) in [6, 6.07) is 1.41. The van der Waals surface area contributed by atoms with Crippen molar-refractivity contribution in [3.05, 3.63) is 34.4 Å². The third-order valence-corrected chi connectivity index (χ3v) is 2.45. The first-order chi connectivity index (χ1) is 8.25. The van der Waals surface area contributed by atoms with Crippen LogP contribution < -0.4 is 0 Å². The fraction of sp³-hybridized carbons (Fsp3) is 0. The summed E-state index contributed by atoms with van der Waals surface area (Å²) in [7, 11) is 0. The molecular weight excluding hydrogens is 287 g/mol. The van der Waals surface area contributed by atoms with Gasteiger partial charge in [0.15, 0.2) is 0 Å². The molecule has 0 bridgehead atoms. The topological polar surface area (TPSA) is 109 Å². The first kappa shape index (κ1) is 14.1. The highest BCUT2D eigenvalue weighted by atomic mass is 35.5. The van der Waals surface area contributed by atoms with Crippen LogP contribution >= 0.6 is 23.2 Å². The SMILES string of the molecule is O=C(O)c1cc(C(=O)Cl)c(C(=O)O)cc1C(=O)Cl. The van der Waals surface area contributed by atoms with E-state index in [1.165, 1.54) is 0 Å². The molecule has 6 nitrogen and oxygen atoms in total. The fourth-order valence-corrected chi connectivity index (χ4v) is 1.59. The average molecular weight is 291 g/mol. The van der Waals surface area contributed by atoms with Crippen LogP contribution in [0.25, 0.3) is 0 Å². The number of carbonyl (C=O) groups excluding carboxylic acids is 2. The maximum Gasteiger partial charge on any atom is 0.336 e. The molecular formula is C10H4Cl2O6. The van der Waals surface area contributed by atoms with E-state index in [1.807, 2.05) is 0 Å². The molecule has 0 heterocycles. The molecule has 0 saturated carbocycles. The second-order valence-corrected chi connectivity index (χ2v) is 3.79. The lowest BCUT2D eigenvalue weighted by Crippen LogP contribution is -2.12. The molecule has 0 aliphatic rings. The quantitative estimate of drug-likeness (QED) is 0.819. The number of aromatic carboxylic acids is 2. The van der Waals surface area contributed by atoms with Crippen molar-refractivity contribution in [2.24, 2.45) is 0 Å². The van der Waals surface area contributed by atoms with E-state index in [9.17, 15) is 19.2 Å². The van der Waals surface area contributed by atoms with E-state index in [0.717, 1.165) is 0 Å². The smallest absolute Gasteiger partial charge is 0.336 e. The highest BCUT2D eigenvalue weighted by molar-refractivity contribution is 6.69.